The Balaban J connectivity index is 2.20. The average Bonchev–Trinajstić information content (AvgIpc) is 2.86. The van der Waals surface area contributed by atoms with Gasteiger partial charge < -0.3 is 16.3 Å². The van der Waals surface area contributed by atoms with Gasteiger partial charge in [-0.1, -0.05) is 30.8 Å². The highest BCUT2D eigenvalue weighted by atomic mass is 32.1. The van der Waals surface area contributed by atoms with E-state index in [9.17, 15) is 4.79 Å². The van der Waals surface area contributed by atoms with Gasteiger partial charge in [0.2, 0.25) is 0 Å². The molecule has 6 heteroatoms. The molecule has 1 aromatic heterocycles. The SMILES string of the molecule is N/C(=N/O)C1(NC(=O)c2ccsc2)CCCCCC1. The molecule has 1 heterocycles. The summed E-state index contributed by atoms with van der Waals surface area (Å²) in [6, 6.07) is 1.77. The van der Waals surface area contributed by atoms with Crippen LogP contribution in [0.15, 0.2) is 22.0 Å². The van der Waals surface area contributed by atoms with Crippen LogP contribution in [0, 0.1) is 0 Å². The summed E-state index contributed by atoms with van der Waals surface area (Å²) in [5.41, 5.74) is 5.76. The average molecular weight is 281 g/mol. The monoisotopic (exact) mass is 281 g/mol. The Bertz CT molecular complexity index is 448. The van der Waals surface area contributed by atoms with Gasteiger partial charge in [0.1, 0.15) is 5.54 Å². The number of amides is 1. The quantitative estimate of drug-likeness (QED) is 0.261. The maximum Gasteiger partial charge on any atom is 0.252 e. The molecule has 0 unspecified atom stereocenters. The molecule has 19 heavy (non-hydrogen) atoms. The summed E-state index contributed by atoms with van der Waals surface area (Å²) in [6.07, 6.45) is 5.63. The van der Waals surface area contributed by atoms with Crippen LogP contribution in [-0.4, -0.2) is 22.5 Å². The zero-order chi connectivity index (χ0) is 13.7. The predicted molar refractivity (Wildman–Crippen MR) is 75.6 cm³/mol. The van der Waals surface area contributed by atoms with Gasteiger partial charge in [-0.2, -0.15) is 11.3 Å². The van der Waals surface area contributed by atoms with E-state index in [4.69, 9.17) is 10.9 Å². The maximum atomic E-state index is 12.2. The molecule has 0 aliphatic heterocycles. The number of nitrogens with one attached hydrogen (secondary N) is 1. The number of nitrogens with zero attached hydrogens (tertiary/aromatic N) is 1. The van der Waals surface area contributed by atoms with Crippen molar-refractivity contribution < 1.29 is 10.0 Å². The second-order valence-electron chi connectivity index (χ2n) is 4.95. The molecule has 1 aliphatic rings. The lowest BCUT2D eigenvalue weighted by Crippen LogP contribution is -2.57. The minimum atomic E-state index is -0.704. The first kappa shape index (κ1) is 13.9. The Morgan fingerprint density at radius 3 is 2.58 bits per heavy atom. The van der Waals surface area contributed by atoms with Crippen LogP contribution in [0.4, 0.5) is 0 Å². The third kappa shape index (κ3) is 3.07. The zero-order valence-corrected chi connectivity index (χ0v) is 11.6. The van der Waals surface area contributed by atoms with Gasteiger partial charge in [0.05, 0.1) is 5.56 Å². The van der Waals surface area contributed by atoms with E-state index < -0.39 is 5.54 Å². The third-order valence-electron chi connectivity index (χ3n) is 3.69. The Morgan fingerprint density at radius 1 is 1.37 bits per heavy atom. The molecular formula is C13H19N3O2S. The van der Waals surface area contributed by atoms with E-state index in [2.05, 4.69) is 10.5 Å². The van der Waals surface area contributed by atoms with E-state index in [1.165, 1.54) is 11.3 Å². The number of rotatable bonds is 3. The van der Waals surface area contributed by atoms with Crippen LogP contribution in [0.5, 0.6) is 0 Å². The maximum absolute atomic E-state index is 12.2. The molecule has 0 saturated heterocycles. The molecule has 0 atom stereocenters. The highest BCUT2D eigenvalue weighted by Crippen LogP contribution is 2.28. The number of carbonyl (C=O) groups is 1. The second-order valence-corrected chi connectivity index (χ2v) is 5.73. The van der Waals surface area contributed by atoms with E-state index >= 15 is 0 Å². The van der Waals surface area contributed by atoms with Crippen molar-refractivity contribution in [3.8, 4) is 0 Å². The molecule has 1 saturated carbocycles. The molecule has 0 aromatic carbocycles. The lowest BCUT2D eigenvalue weighted by molar-refractivity contribution is 0.0916. The van der Waals surface area contributed by atoms with Crippen molar-refractivity contribution in [2.45, 2.75) is 44.1 Å². The number of carbonyl (C=O) groups excluding carboxylic acids is 1. The van der Waals surface area contributed by atoms with Crippen molar-refractivity contribution >= 4 is 23.1 Å². The van der Waals surface area contributed by atoms with Crippen molar-refractivity contribution in [1.29, 1.82) is 0 Å². The lowest BCUT2D eigenvalue weighted by atomic mass is 9.88. The zero-order valence-electron chi connectivity index (χ0n) is 10.8. The highest BCUT2D eigenvalue weighted by molar-refractivity contribution is 7.08. The number of hydrogen-bond acceptors (Lipinski definition) is 4. The molecule has 0 bridgehead atoms. The van der Waals surface area contributed by atoms with Crippen LogP contribution < -0.4 is 11.1 Å². The summed E-state index contributed by atoms with van der Waals surface area (Å²) in [7, 11) is 0. The molecule has 2 rings (SSSR count). The summed E-state index contributed by atoms with van der Waals surface area (Å²) < 4.78 is 0. The molecule has 4 N–H and O–H groups in total. The normalized spacial score (nSPS) is 19.7. The van der Waals surface area contributed by atoms with E-state index in [0.29, 0.717) is 5.56 Å². The van der Waals surface area contributed by atoms with Crippen LogP contribution in [0.3, 0.4) is 0 Å². The molecule has 1 aromatic rings. The van der Waals surface area contributed by atoms with Gasteiger partial charge >= 0.3 is 0 Å². The number of amidine groups is 1. The van der Waals surface area contributed by atoms with E-state index in [-0.39, 0.29) is 11.7 Å². The van der Waals surface area contributed by atoms with Gasteiger partial charge in [0.15, 0.2) is 5.84 Å². The summed E-state index contributed by atoms with van der Waals surface area (Å²) in [5, 5.41) is 18.8. The molecule has 1 aliphatic carbocycles. The molecule has 104 valence electrons. The van der Waals surface area contributed by atoms with Crippen LogP contribution >= 0.6 is 11.3 Å². The first-order valence-corrected chi connectivity index (χ1v) is 7.45. The van der Waals surface area contributed by atoms with Gasteiger partial charge in [0.25, 0.3) is 5.91 Å². The van der Waals surface area contributed by atoms with E-state index in [0.717, 1.165) is 38.5 Å². The van der Waals surface area contributed by atoms with Crippen molar-refractivity contribution in [2.24, 2.45) is 10.9 Å². The van der Waals surface area contributed by atoms with Gasteiger partial charge in [-0.3, -0.25) is 4.79 Å². The first-order chi connectivity index (χ1) is 9.18. The smallest absolute Gasteiger partial charge is 0.252 e. The van der Waals surface area contributed by atoms with Crippen molar-refractivity contribution in [1.82, 2.24) is 5.32 Å². The molecule has 1 amide bonds. The molecule has 0 spiro atoms. The van der Waals surface area contributed by atoms with E-state index in [1.54, 1.807) is 11.4 Å². The number of nitrogens with two attached hydrogens (primary N) is 1. The van der Waals surface area contributed by atoms with Gasteiger partial charge in [-0.25, -0.2) is 0 Å². The van der Waals surface area contributed by atoms with Gasteiger partial charge in [-0.05, 0) is 24.3 Å². The van der Waals surface area contributed by atoms with Crippen LogP contribution in [0.2, 0.25) is 0 Å². The van der Waals surface area contributed by atoms with Crippen molar-refractivity contribution in [3.63, 3.8) is 0 Å². The fourth-order valence-corrected chi connectivity index (χ4v) is 3.19. The van der Waals surface area contributed by atoms with Crippen molar-refractivity contribution in [2.75, 3.05) is 0 Å². The molecule has 1 fully saturated rings. The van der Waals surface area contributed by atoms with Crippen molar-refractivity contribution in [3.05, 3.63) is 22.4 Å². The Kier molecular flexibility index (Phi) is 4.42. The van der Waals surface area contributed by atoms with Gasteiger partial charge in [0, 0.05) is 5.38 Å². The largest absolute Gasteiger partial charge is 0.409 e. The third-order valence-corrected chi connectivity index (χ3v) is 4.37. The van der Waals surface area contributed by atoms with E-state index in [1.807, 2.05) is 5.38 Å². The summed E-state index contributed by atoms with van der Waals surface area (Å²) in [4.78, 5) is 12.2. The lowest BCUT2D eigenvalue weighted by Gasteiger charge is -2.32. The number of oxime groups is 1. The Hall–Kier alpha value is -1.56. The number of thiophene rings is 1. The minimum absolute atomic E-state index is 0.109. The molecular weight excluding hydrogens is 262 g/mol. The van der Waals surface area contributed by atoms with Crippen LogP contribution in [0.25, 0.3) is 0 Å². The second kappa shape index (κ2) is 6.06. The Morgan fingerprint density at radius 2 is 2.05 bits per heavy atom. The molecule has 0 radical (unpaired) electrons. The van der Waals surface area contributed by atoms with Gasteiger partial charge in [-0.15, -0.1) is 0 Å². The summed E-state index contributed by atoms with van der Waals surface area (Å²) in [5.74, 6) is -0.0484. The number of hydrogen-bond donors (Lipinski definition) is 3. The van der Waals surface area contributed by atoms with Crippen LogP contribution in [0.1, 0.15) is 48.9 Å². The topological polar surface area (TPSA) is 87.7 Å². The fraction of sp³-hybridized carbons (Fsp3) is 0.538. The summed E-state index contributed by atoms with van der Waals surface area (Å²) >= 11 is 1.48. The molecule has 5 nitrogen and oxygen atoms in total. The fourth-order valence-electron chi connectivity index (χ4n) is 2.56. The minimum Gasteiger partial charge on any atom is -0.409 e. The van der Waals surface area contributed by atoms with Crippen LogP contribution in [-0.2, 0) is 0 Å². The first-order valence-electron chi connectivity index (χ1n) is 6.51. The highest BCUT2D eigenvalue weighted by Gasteiger charge is 2.37. The Labute approximate surface area is 116 Å². The standard InChI is InChI=1S/C13H19N3O2S/c14-12(16-18)13(6-3-1-2-4-7-13)15-11(17)10-5-8-19-9-10/h5,8-9,18H,1-4,6-7H2,(H2,14,16)(H,15,17). The summed E-state index contributed by atoms with van der Waals surface area (Å²) in [6.45, 7) is 0. The predicted octanol–water partition coefficient (Wildman–Crippen LogP) is 2.32.